The number of benzene rings is 1. The number of halogens is 1. The molecule has 0 amide bonds. The summed E-state index contributed by atoms with van der Waals surface area (Å²) in [6.07, 6.45) is 3.75. The van der Waals surface area contributed by atoms with Crippen LogP contribution in [-0.2, 0) is 0 Å². The van der Waals surface area contributed by atoms with Gasteiger partial charge in [-0.15, -0.1) is 0 Å². The van der Waals surface area contributed by atoms with E-state index in [1.807, 2.05) is 13.0 Å². The zero-order chi connectivity index (χ0) is 11.6. The van der Waals surface area contributed by atoms with E-state index in [4.69, 9.17) is 0 Å². The third kappa shape index (κ3) is 2.53. The van der Waals surface area contributed by atoms with Gasteiger partial charge in [0.15, 0.2) is 0 Å². The summed E-state index contributed by atoms with van der Waals surface area (Å²) >= 11 is 0. The number of hydrogen-bond acceptors (Lipinski definition) is 2. The van der Waals surface area contributed by atoms with Gasteiger partial charge < -0.3 is 10.4 Å². The van der Waals surface area contributed by atoms with Crippen LogP contribution in [0.2, 0.25) is 0 Å². The first-order valence-corrected chi connectivity index (χ1v) is 5.81. The summed E-state index contributed by atoms with van der Waals surface area (Å²) < 4.78 is 13.5. The number of hydrogen-bond donors (Lipinski definition) is 2. The second-order valence-corrected chi connectivity index (χ2v) is 4.77. The normalized spacial score (nSPS) is 18.7. The lowest BCUT2D eigenvalue weighted by atomic mass is 10.0. The first-order valence-electron chi connectivity index (χ1n) is 5.81. The van der Waals surface area contributed by atoms with E-state index in [1.54, 1.807) is 6.07 Å². The Kier molecular flexibility index (Phi) is 3.15. The highest BCUT2D eigenvalue weighted by Crippen LogP contribution is 2.29. The number of nitrogens with one attached hydrogen (secondary N) is 1. The average Bonchev–Trinajstić information content (AvgIpc) is 2.64. The van der Waals surface area contributed by atoms with Crippen molar-refractivity contribution in [2.45, 2.75) is 38.2 Å². The van der Waals surface area contributed by atoms with E-state index in [0.29, 0.717) is 12.2 Å². The molecule has 3 heteroatoms. The molecule has 1 aromatic rings. The lowest BCUT2D eigenvalue weighted by Crippen LogP contribution is -2.33. The number of aliphatic hydroxyl groups is 1. The molecule has 0 aromatic heterocycles. The Morgan fingerprint density at radius 3 is 2.69 bits per heavy atom. The van der Waals surface area contributed by atoms with Crippen molar-refractivity contribution in [3.8, 4) is 0 Å². The van der Waals surface area contributed by atoms with Crippen LogP contribution in [0.3, 0.4) is 0 Å². The lowest BCUT2D eigenvalue weighted by Gasteiger charge is -2.23. The van der Waals surface area contributed by atoms with Crippen molar-refractivity contribution in [2.75, 3.05) is 11.9 Å². The smallest absolute Gasteiger partial charge is 0.146 e. The van der Waals surface area contributed by atoms with Gasteiger partial charge in [-0.3, -0.25) is 0 Å². The van der Waals surface area contributed by atoms with Crippen molar-refractivity contribution in [1.29, 1.82) is 0 Å². The maximum absolute atomic E-state index is 13.5. The highest BCUT2D eigenvalue weighted by Gasteiger charge is 2.30. The van der Waals surface area contributed by atoms with E-state index in [-0.39, 0.29) is 5.82 Å². The first-order chi connectivity index (χ1) is 7.59. The molecule has 0 unspecified atom stereocenters. The Morgan fingerprint density at radius 2 is 2.06 bits per heavy atom. The topological polar surface area (TPSA) is 32.3 Å². The van der Waals surface area contributed by atoms with Crippen LogP contribution in [0, 0.1) is 12.7 Å². The third-order valence-electron chi connectivity index (χ3n) is 3.27. The van der Waals surface area contributed by atoms with Crippen LogP contribution in [0.1, 0.15) is 31.2 Å². The summed E-state index contributed by atoms with van der Waals surface area (Å²) in [5, 5.41) is 13.1. The van der Waals surface area contributed by atoms with Gasteiger partial charge in [0.1, 0.15) is 5.82 Å². The average molecular weight is 223 g/mol. The van der Waals surface area contributed by atoms with E-state index in [1.165, 1.54) is 6.07 Å². The maximum atomic E-state index is 13.5. The molecular formula is C13H18FNO. The zero-order valence-corrected chi connectivity index (χ0v) is 9.59. The van der Waals surface area contributed by atoms with E-state index >= 15 is 0 Å². The highest BCUT2D eigenvalue weighted by atomic mass is 19.1. The molecule has 2 nitrogen and oxygen atoms in total. The minimum atomic E-state index is -0.642. The first kappa shape index (κ1) is 11.4. The molecule has 0 atom stereocenters. The van der Waals surface area contributed by atoms with E-state index in [2.05, 4.69) is 5.32 Å². The quantitative estimate of drug-likeness (QED) is 0.825. The largest absolute Gasteiger partial charge is 0.388 e. The summed E-state index contributed by atoms with van der Waals surface area (Å²) in [4.78, 5) is 0. The summed E-state index contributed by atoms with van der Waals surface area (Å²) in [6.45, 7) is 2.30. The fraction of sp³-hybridized carbons (Fsp3) is 0.538. The molecule has 1 aliphatic carbocycles. The highest BCUT2D eigenvalue weighted by molar-refractivity contribution is 5.46. The van der Waals surface area contributed by atoms with Crippen LogP contribution in [0.5, 0.6) is 0 Å². The summed E-state index contributed by atoms with van der Waals surface area (Å²) in [6, 6.07) is 5.09. The fourth-order valence-corrected chi connectivity index (χ4v) is 2.23. The van der Waals surface area contributed by atoms with Crippen LogP contribution < -0.4 is 5.32 Å². The van der Waals surface area contributed by atoms with E-state index in [0.717, 1.165) is 31.2 Å². The van der Waals surface area contributed by atoms with Gasteiger partial charge in [0.2, 0.25) is 0 Å². The minimum Gasteiger partial charge on any atom is -0.388 e. The van der Waals surface area contributed by atoms with Gasteiger partial charge in [0, 0.05) is 6.54 Å². The molecule has 1 saturated carbocycles. The molecule has 0 radical (unpaired) electrons. The second-order valence-electron chi connectivity index (χ2n) is 4.77. The molecule has 1 aromatic carbocycles. The van der Waals surface area contributed by atoms with Crippen molar-refractivity contribution >= 4 is 5.69 Å². The Labute approximate surface area is 95.5 Å². The Hall–Kier alpha value is -1.09. The molecule has 0 heterocycles. The van der Waals surface area contributed by atoms with Crippen molar-refractivity contribution in [1.82, 2.24) is 0 Å². The number of aryl methyl sites for hydroxylation is 1. The van der Waals surface area contributed by atoms with Crippen LogP contribution in [0.15, 0.2) is 18.2 Å². The van der Waals surface area contributed by atoms with Gasteiger partial charge in [-0.05, 0) is 37.5 Å². The Bertz CT molecular complexity index is 372. The Morgan fingerprint density at radius 1 is 1.38 bits per heavy atom. The third-order valence-corrected chi connectivity index (χ3v) is 3.27. The molecule has 0 saturated heterocycles. The number of rotatable bonds is 3. The monoisotopic (exact) mass is 223 g/mol. The van der Waals surface area contributed by atoms with Gasteiger partial charge >= 0.3 is 0 Å². The molecule has 0 aliphatic heterocycles. The van der Waals surface area contributed by atoms with Crippen molar-refractivity contribution in [3.05, 3.63) is 29.6 Å². The zero-order valence-electron chi connectivity index (χ0n) is 9.59. The maximum Gasteiger partial charge on any atom is 0.146 e. The van der Waals surface area contributed by atoms with Gasteiger partial charge in [-0.1, -0.05) is 18.9 Å². The molecule has 2 N–H and O–H groups in total. The van der Waals surface area contributed by atoms with Crippen molar-refractivity contribution in [2.24, 2.45) is 0 Å². The van der Waals surface area contributed by atoms with Crippen molar-refractivity contribution in [3.63, 3.8) is 0 Å². The molecule has 0 bridgehead atoms. The molecular weight excluding hydrogens is 205 g/mol. The SMILES string of the molecule is Cc1ccc(NCC2(O)CCCC2)c(F)c1. The minimum absolute atomic E-state index is 0.249. The molecule has 1 fully saturated rings. The Balaban J connectivity index is 1.99. The number of anilines is 1. The summed E-state index contributed by atoms with van der Waals surface area (Å²) in [5.41, 5.74) is 0.741. The molecule has 88 valence electrons. The van der Waals surface area contributed by atoms with Crippen LogP contribution in [-0.4, -0.2) is 17.3 Å². The van der Waals surface area contributed by atoms with E-state index < -0.39 is 5.60 Å². The van der Waals surface area contributed by atoms with Gasteiger partial charge in [0.25, 0.3) is 0 Å². The summed E-state index contributed by atoms with van der Waals surface area (Å²) in [5.74, 6) is -0.249. The van der Waals surface area contributed by atoms with Gasteiger partial charge in [0.05, 0.1) is 11.3 Å². The van der Waals surface area contributed by atoms with Crippen LogP contribution >= 0.6 is 0 Å². The predicted molar refractivity (Wildman–Crippen MR) is 63.0 cm³/mol. The van der Waals surface area contributed by atoms with Crippen LogP contribution in [0.4, 0.5) is 10.1 Å². The van der Waals surface area contributed by atoms with Crippen molar-refractivity contribution < 1.29 is 9.50 Å². The predicted octanol–water partition coefficient (Wildman–Crippen LogP) is 2.85. The molecule has 2 rings (SSSR count). The molecule has 1 aliphatic rings. The van der Waals surface area contributed by atoms with Crippen LogP contribution in [0.25, 0.3) is 0 Å². The molecule has 16 heavy (non-hydrogen) atoms. The van der Waals surface area contributed by atoms with E-state index in [9.17, 15) is 9.50 Å². The fourth-order valence-electron chi connectivity index (χ4n) is 2.23. The second kappa shape index (κ2) is 4.42. The van der Waals surface area contributed by atoms with Gasteiger partial charge in [-0.2, -0.15) is 0 Å². The van der Waals surface area contributed by atoms with Gasteiger partial charge in [-0.25, -0.2) is 4.39 Å². The standard InChI is InChI=1S/C13H18FNO/c1-10-4-5-12(11(14)8-10)15-9-13(16)6-2-3-7-13/h4-5,8,15-16H,2-3,6-7,9H2,1H3. The molecule has 0 spiro atoms. The summed E-state index contributed by atoms with van der Waals surface area (Å²) in [7, 11) is 0. The lowest BCUT2D eigenvalue weighted by molar-refractivity contribution is 0.0614.